The molecule has 4 bridgehead atoms. The largest absolute Gasteiger partial charge is 0.281 e. The van der Waals surface area contributed by atoms with Crippen LogP contribution in [-0.4, -0.2) is 5.24 Å². The Morgan fingerprint density at radius 2 is 1.60 bits per heavy atom. The van der Waals surface area contributed by atoms with Gasteiger partial charge in [-0.3, -0.25) is 4.79 Å². The molecule has 0 spiro atoms. The summed E-state index contributed by atoms with van der Waals surface area (Å²) in [5.74, 6) is 0.763. The first kappa shape index (κ1) is 10.1. The molecule has 0 aromatic rings. The van der Waals surface area contributed by atoms with Gasteiger partial charge >= 0.3 is 0 Å². The lowest BCUT2D eigenvalue weighted by molar-refractivity contribution is -0.160. The van der Waals surface area contributed by atoms with Crippen molar-refractivity contribution in [2.45, 2.75) is 52.4 Å². The van der Waals surface area contributed by atoms with Crippen molar-refractivity contribution in [3.05, 3.63) is 0 Å². The molecule has 2 heteroatoms. The van der Waals surface area contributed by atoms with E-state index >= 15 is 0 Å². The third kappa shape index (κ3) is 1.32. The predicted octanol–water partition coefficient (Wildman–Crippen LogP) is 3.75. The Labute approximate surface area is 96.6 Å². The Hall–Kier alpha value is -0.0400. The monoisotopic (exact) mass is 226 g/mol. The van der Waals surface area contributed by atoms with E-state index in [0.717, 1.165) is 25.2 Å². The third-order valence-corrected chi connectivity index (χ3v) is 5.44. The van der Waals surface area contributed by atoms with Gasteiger partial charge in [-0.15, -0.1) is 0 Å². The molecule has 4 saturated carbocycles. The molecule has 0 aliphatic heterocycles. The minimum absolute atomic E-state index is 0.0518. The van der Waals surface area contributed by atoms with Crippen LogP contribution < -0.4 is 0 Å². The van der Waals surface area contributed by atoms with Gasteiger partial charge in [-0.05, 0) is 66.9 Å². The van der Waals surface area contributed by atoms with E-state index in [1.165, 1.54) is 19.3 Å². The van der Waals surface area contributed by atoms with Crippen LogP contribution in [-0.2, 0) is 4.79 Å². The Morgan fingerprint density at radius 1 is 1.07 bits per heavy atom. The molecule has 0 amide bonds. The number of hydrogen-bond acceptors (Lipinski definition) is 1. The number of halogens is 1. The van der Waals surface area contributed by atoms with E-state index in [0.29, 0.717) is 10.8 Å². The Balaban J connectivity index is 2.05. The Kier molecular flexibility index (Phi) is 1.77. The molecule has 2 unspecified atom stereocenters. The highest BCUT2D eigenvalue weighted by atomic mass is 35.5. The minimum Gasteiger partial charge on any atom is -0.281 e. The van der Waals surface area contributed by atoms with Gasteiger partial charge in [0.25, 0.3) is 0 Å². The molecule has 4 aliphatic rings. The fraction of sp³-hybridized carbons (Fsp3) is 0.923. The van der Waals surface area contributed by atoms with Crippen molar-refractivity contribution in [1.29, 1.82) is 0 Å². The highest BCUT2D eigenvalue weighted by Crippen LogP contribution is 2.69. The predicted molar refractivity (Wildman–Crippen MR) is 60.7 cm³/mol. The minimum atomic E-state index is -0.148. The van der Waals surface area contributed by atoms with Crippen molar-refractivity contribution in [3.63, 3.8) is 0 Å². The lowest BCUT2D eigenvalue weighted by atomic mass is 9.40. The first-order valence-electron chi connectivity index (χ1n) is 6.05. The highest BCUT2D eigenvalue weighted by Gasteiger charge is 2.62. The highest BCUT2D eigenvalue weighted by molar-refractivity contribution is 6.64. The topological polar surface area (TPSA) is 17.1 Å². The average Bonchev–Trinajstić information content (AvgIpc) is 1.95. The molecular formula is C13H19ClO. The molecular weight excluding hydrogens is 208 g/mol. The van der Waals surface area contributed by atoms with Gasteiger partial charge in [0.05, 0.1) is 0 Å². The van der Waals surface area contributed by atoms with Crippen LogP contribution in [0.15, 0.2) is 0 Å². The van der Waals surface area contributed by atoms with Crippen LogP contribution in [0.2, 0.25) is 0 Å². The van der Waals surface area contributed by atoms with E-state index in [1.807, 2.05) is 0 Å². The molecule has 0 N–H and O–H groups in total. The lowest BCUT2D eigenvalue weighted by Gasteiger charge is -2.64. The normalized spacial score (nSPS) is 57.1. The molecule has 4 aliphatic carbocycles. The van der Waals surface area contributed by atoms with E-state index in [2.05, 4.69) is 13.8 Å². The van der Waals surface area contributed by atoms with Gasteiger partial charge in [-0.2, -0.15) is 0 Å². The zero-order chi connectivity index (χ0) is 10.9. The summed E-state index contributed by atoms with van der Waals surface area (Å²) < 4.78 is 0. The summed E-state index contributed by atoms with van der Waals surface area (Å²) in [6.45, 7) is 4.73. The molecule has 1 nitrogen and oxygen atoms in total. The Bertz CT molecular complexity index is 317. The number of carbonyl (C=O) groups is 1. The standard InChI is InChI=1S/C13H19ClO/c1-11-3-9-4-12(2,6-11)8-13(5-9,7-11)10(14)15/h9H,3-8H2,1-2H3/t9?,11-,12+,13?. The van der Waals surface area contributed by atoms with E-state index < -0.39 is 0 Å². The summed E-state index contributed by atoms with van der Waals surface area (Å²) in [6.07, 6.45) is 7.13. The fourth-order valence-electron chi connectivity index (χ4n) is 5.67. The SMILES string of the molecule is C[C@]12CC3CC(C(=O)Cl)(C1)C[C@@](C)(C3)C2. The maximum atomic E-state index is 11.7. The average molecular weight is 227 g/mol. The van der Waals surface area contributed by atoms with Crippen molar-refractivity contribution in [1.82, 2.24) is 0 Å². The van der Waals surface area contributed by atoms with Gasteiger partial charge in [0.2, 0.25) is 5.24 Å². The molecule has 0 radical (unpaired) electrons. The molecule has 4 fully saturated rings. The van der Waals surface area contributed by atoms with Crippen LogP contribution in [0, 0.1) is 22.2 Å². The first-order chi connectivity index (χ1) is 6.85. The zero-order valence-corrected chi connectivity index (χ0v) is 10.4. The molecule has 84 valence electrons. The van der Waals surface area contributed by atoms with Crippen LogP contribution in [0.5, 0.6) is 0 Å². The number of hydrogen-bond donors (Lipinski definition) is 0. The maximum Gasteiger partial charge on any atom is 0.227 e. The van der Waals surface area contributed by atoms with Gasteiger partial charge < -0.3 is 0 Å². The molecule has 4 rings (SSSR count). The summed E-state index contributed by atoms with van der Waals surface area (Å²) in [5.41, 5.74) is 0.655. The van der Waals surface area contributed by atoms with Crippen LogP contribution in [0.25, 0.3) is 0 Å². The van der Waals surface area contributed by atoms with Crippen molar-refractivity contribution in [2.24, 2.45) is 22.2 Å². The molecule has 0 saturated heterocycles. The molecule has 0 aromatic carbocycles. The lowest BCUT2D eigenvalue weighted by Crippen LogP contribution is -2.56. The van der Waals surface area contributed by atoms with Crippen molar-refractivity contribution >= 4 is 16.8 Å². The third-order valence-electron chi connectivity index (χ3n) is 5.04. The van der Waals surface area contributed by atoms with Crippen LogP contribution in [0.1, 0.15) is 52.4 Å². The van der Waals surface area contributed by atoms with Gasteiger partial charge in [-0.25, -0.2) is 0 Å². The molecule has 15 heavy (non-hydrogen) atoms. The second-order valence-corrected chi connectivity index (χ2v) is 7.53. The van der Waals surface area contributed by atoms with E-state index in [4.69, 9.17) is 11.6 Å². The van der Waals surface area contributed by atoms with Gasteiger partial charge in [0.15, 0.2) is 0 Å². The second kappa shape index (κ2) is 2.61. The quantitative estimate of drug-likeness (QED) is 0.623. The first-order valence-corrected chi connectivity index (χ1v) is 6.43. The summed E-state index contributed by atoms with van der Waals surface area (Å²) in [4.78, 5) is 11.7. The number of rotatable bonds is 1. The fourth-order valence-corrected chi connectivity index (χ4v) is 5.88. The van der Waals surface area contributed by atoms with Gasteiger partial charge in [-0.1, -0.05) is 13.8 Å². The van der Waals surface area contributed by atoms with Crippen LogP contribution in [0.3, 0.4) is 0 Å². The van der Waals surface area contributed by atoms with Gasteiger partial charge in [0, 0.05) is 5.41 Å². The van der Waals surface area contributed by atoms with Gasteiger partial charge in [0.1, 0.15) is 0 Å². The van der Waals surface area contributed by atoms with Crippen molar-refractivity contribution < 1.29 is 4.79 Å². The summed E-state index contributed by atoms with van der Waals surface area (Å²) in [7, 11) is 0. The Morgan fingerprint density at radius 3 is 2.00 bits per heavy atom. The molecule has 4 atom stereocenters. The van der Waals surface area contributed by atoms with Crippen LogP contribution in [0.4, 0.5) is 0 Å². The molecule has 0 aromatic heterocycles. The van der Waals surface area contributed by atoms with Crippen LogP contribution >= 0.6 is 11.6 Å². The second-order valence-electron chi connectivity index (χ2n) is 7.18. The van der Waals surface area contributed by atoms with E-state index in [9.17, 15) is 4.79 Å². The maximum absolute atomic E-state index is 11.7. The smallest absolute Gasteiger partial charge is 0.227 e. The number of carbonyl (C=O) groups excluding carboxylic acids is 1. The van der Waals surface area contributed by atoms with E-state index in [1.54, 1.807) is 0 Å². The zero-order valence-electron chi connectivity index (χ0n) is 9.61. The summed E-state index contributed by atoms with van der Waals surface area (Å²) in [5, 5.41) is -0.0518. The summed E-state index contributed by atoms with van der Waals surface area (Å²) >= 11 is 5.88. The van der Waals surface area contributed by atoms with E-state index in [-0.39, 0.29) is 10.7 Å². The molecule has 0 heterocycles. The summed E-state index contributed by atoms with van der Waals surface area (Å²) in [6, 6.07) is 0. The van der Waals surface area contributed by atoms with Crippen molar-refractivity contribution in [3.8, 4) is 0 Å². The van der Waals surface area contributed by atoms with Crippen molar-refractivity contribution in [2.75, 3.05) is 0 Å².